The highest BCUT2D eigenvalue weighted by molar-refractivity contribution is 5.92. The van der Waals surface area contributed by atoms with Gasteiger partial charge in [-0.25, -0.2) is 4.79 Å². The Hall–Kier alpha value is -2.55. The molecule has 1 fully saturated rings. The number of urea groups is 1. The number of anilines is 1. The molecule has 0 unspecified atom stereocenters. The quantitative estimate of drug-likeness (QED) is 0.785. The van der Waals surface area contributed by atoms with Crippen LogP contribution in [-0.4, -0.2) is 36.5 Å². The van der Waals surface area contributed by atoms with Crippen LogP contribution in [0.2, 0.25) is 0 Å². The first-order valence-corrected chi connectivity index (χ1v) is 6.02. The zero-order valence-electron chi connectivity index (χ0n) is 10.3. The maximum Gasteiger partial charge on any atom is 0.322 e. The van der Waals surface area contributed by atoms with Gasteiger partial charge in [-0.05, 0) is 30.7 Å². The molecule has 19 heavy (non-hydrogen) atoms. The van der Waals surface area contributed by atoms with Gasteiger partial charge in [0.05, 0.1) is 11.6 Å². The van der Waals surface area contributed by atoms with Crippen molar-refractivity contribution in [3.8, 4) is 6.07 Å². The Morgan fingerprint density at radius 1 is 1.37 bits per heavy atom. The maximum atomic E-state index is 12.0. The third-order valence-corrected chi connectivity index (χ3v) is 2.81. The van der Waals surface area contributed by atoms with Crippen LogP contribution >= 0.6 is 0 Å². The second kappa shape index (κ2) is 5.87. The molecule has 0 saturated carbocycles. The summed E-state index contributed by atoms with van der Waals surface area (Å²) in [6.45, 7) is 1.21. The van der Waals surface area contributed by atoms with E-state index in [2.05, 4.69) is 10.6 Å². The first-order chi connectivity index (χ1) is 9.19. The second-order valence-corrected chi connectivity index (χ2v) is 4.24. The van der Waals surface area contributed by atoms with E-state index in [0.717, 1.165) is 6.42 Å². The molecule has 1 aromatic carbocycles. The molecule has 1 aliphatic rings. The fourth-order valence-corrected chi connectivity index (χ4v) is 1.81. The Labute approximate surface area is 111 Å². The molecule has 0 radical (unpaired) electrons. The minimum atomic E-state index is -0.304. The van der Waals surface area contributed by atoms with Crippen LogP contribution in [0.5, 0.6) is 0 Å². The number of nitrogens with zero attached hydrogens (tertiary/aromatic N) is 2. The highest BCUT2D eigenvalue weighted by Gasteiger charge is 2.19. The molecule has 0 atom stereocenters. The first-order valence-electron chi connectivity index (χ1n) is 6.02. The number of benzene rings is 1. The van der Waals surface area contributed by atoms with Crippen molar-refractivity contribution in [3.63, 3.8) is 0 Å². The van der Waals surface area contributed by atoms with Gasteiger partial charge in [0.15, 0.2) is 0 Å². The Morgan fingerprint density at radius 3 is 2.79 bits per heavy atom. The molecular weight excluding hydrogens is 244 g/mol. The summed E-state index contributed by atoms with van der Waals surface area (Å²) in [5.74, 6) is -0.146. The molecule has 1 aromatic rings. The lowest BCUT2D eigenvalue weighted by Gasteiger charge is -2.19. The van der Waals surface area contributed by atoms with E-state index in [1.54, 1.807) is 24.3 Å². The summed E-state index contributed by atoms with van der Waals surface area (Å²) < 4.78 is 0. The van der Waals surface area contributed by atoms with Crippen LogP contribution in [0.4, 0.5) is 10.5 Å². The van der Waals surface area contributed by atoms with Crippen LogP contribution in [0.1, 0.15) is 12.0 Å². The summed E-state index contributed by atoms with van der Waals surface area (Å²) in [6.07, 6.45) is 0.743. The van der Waals surface area contributed by atoms with Crippen LogP contribution in [0.25, 0.3) is 0 Å². The minimum Gasteiger partial charge on any atom is -0.354 e. The third kappa shape index (κ3) is 3.45. The van der Waals surface area contributed by atoms with E-state index in [0.29, 0.717) is 24.3 Å². The van der Waals surface area contributed by atoms with Gasteiger partial charge in [0.25, 0.3) is 0 Å². The van der Waals surface area contributed by atoms with Gasteiger partial charge in [-0.3, -0.25) is 4.79 Å². The van der Waals surface area contributed by atoms with Gasteiger partial charge >= 0.3 is 6.03 Å². The van der Waals surface area contributed by atoms with Gasteiger partial charge in [0.1, 0.15) is 6.54 Å². The Kier molecular flexibility index (Phi) is 3.98. The second-order valence-electron chi connectivity index (χ2n) is 4.24. The van der Waals surface area contributed by atoms with Crippen molar-refractivity contribution in [1.82, 2.24) is 10.2 Å². The van der Waals surface area contributed by atoms with Crippen LogP contribution in [0.3, 0.4) is 0 Å². The first kappa shape index (κ1) is 12.9. The Bertz CT molecular complexity index is 518. The number of hydrogen-bond donors (Lipinski definition) is 2. The van der Waals surface area contributed by atoms with Crippen molar-refractivity contribution in [1.29, 1.82) is 5.26 Å². The highest BCUT2D eigenvalue weighted by atomic mass is 16.2. The molecule has 2 N–H and O–H groups in total. The smallest absolute Gasteiger partial charge is 0.322 e. The molecule has 2 rings (SSSR count). The van der Waals surface area contributed by atoms with Crippen molar-refractivity contribution >= 4 is 17.6 Å². The van der Waals surface area contributed by atoms with E-state index in [4.69, 9.17) is 5.26 Å². The number of carbonyl (C=O) groups excluding carboxylic acids is 2. The predicted octanol–water partition coefficient (Wildman–Crippen LogP) is 0.912. The average molecular weight is 258 g/mol. The molecule has 1 heterocycles. The largest absolute Gasteiger partial charge is 0.354 e. The molecule has 1 saturated heterocycles. The third-order valence-electron chi connectivity index (χ3n) is 2.81. The number of nitriles is 1. The SMILES string of the molecule is N#Cc1ccc(NC(=O)N2CCCNC(=O)C2)cc1. The molecule has 0 bridgehead atoms. The van der Waals surface area contributed by atoms with E-state index in [-0.39, 0.29) is 18.5 Å². The molecule has 0 spiro atoms. The zero-order valence-corrected chi connectivity index (χ0v) is 10.3. The Balaban J connectivity index is 1.99. The molecule has 98 valence electrons. The molecule has 3 amide bonds. The normalized spacial score (nSPS) is 15.1. The Morgan fingerprint density at radius 2 is 2.11 bits per heavy atom. The molecular formula is C13H14N4O2. The minimum absolute atomic E-state index is 0.0715. The van der Waals surface area contributed by atoms with E-state index in [1.807, 2.05) is 6.07 Å². The van der Waals surface area contributed by atoms with Crippen molar-refractivity contribution in [2.75, 3.05) is 25.0 Å². The number of rotatable bonds is 1. The monoisotopic (exact) mass is 258 g/mol. The number of nitrogens with one attached hydrogen (secondary N) is 2. The number of amides is 3. The molecule has 6 nitrogen and oxygen atoms in total. The van der Waals surface area contributed by atoms with Gasteiger partial charge in [0.2, 0.25) is 5.91 Å². The summed E-state index contributed by atoms with van der Waals surface area (Å²) in [5.41, 5.74) is 1.14. The van der Waals surface area contributed by atoms with Gasteiger partial charge < -0.3 is 15.5 Å². The lowest BCUT2D eigenvalue weighted by atomic mass is 10.2. The molecule has 6 heteroatoms. The van der Waals surface area contributed by atoms with Crippen molar-refractivity contribution in [2.45, 2.75) is 6.42 Å². The molecule has 0 aliphatic carbocycles. The fraction of sp³-hybridized carbons (Fsp3) is 0.308. The number of carbonyl (C=O) groups is 2. The average Bonchev–Trinajstić information content (AvgIpc) is 2.64. The van der Waals surface area contributed by atoms with Crippen LogP contribution in [-0.2, 0) is 4.79 Å². The zero-order chi connectivity index (χ0) is 13.7. The van der Waals surface area contributed by atoms with Crippen molar-refractivity contribution in [2.24, 2.45) is 0 Å². The van der Waals surface area contributed by atoms with Crippen molar-refractivity contribution < 1.29 is 9.59 Å². The summed E-state index contributed by atoms with van der Waals surface area (Å²) in [4.78, 5) is 24.8. The summed E-state index contributed by atoms with van der Waals surface area (Å²) in [7, 11) is 0. The number of hydrogen-bond acceptors (Lipinski definition) is 3. The lowest BCUT2D eigenvalue weighted by molar-refractivity contribution is -0.120. The molecule has 0 aromatic heterocycles. The van der Waals surface area contributed by atoms with E-state index in [1.165, 1.54) is 4.90 Å². The van der Waals surface area contributed by atoms with E-state index in [9.17, 15) is 9.59 Å². The lowest BCUT2D eigenvalue weighted by Crippen LogP contribution is -2.39. The van der Waals surface area contributed by atoms with Crippen LogP contribution in [0, 0.1) is 11.3 Å². The summed E-state index contributed by atoms with van der Waals surface area (Å²) >= 11 is 0. The summed E-state index contributed by atoms with van der Waals surface area (Å²) in [5, 5.41) is 14.1. The van der Waals surface area contributed by atoms with Gasteiger partial charge in [-0.15, -0.1) is 0 Å². The van der Waals surface area contributed by atoms with Crippen molar-refractivity contribution in [3.05, 3.63) is 29.8 Å². The van der Waals surface area contributed by atoms with E-state index >= 15 is 0 Å². The van der Waals surface area contributed by atoms with Gasteiger partial charge in [0, 0.05) is 18.8 Å². The van der Waals surface area contributed by atoms with Crippen LogP contribution < -0.4 is 10.6 Å². The standard InChI is InChI=1S/C13H14N4O2/c14-8-10-2-4-11(5-3-10)16-13(19)17-7-1-6-15-12(18)9-17/h2-5H,1,6-7,9H2,(H,15,18)(H,16,19). The predicted molar refractivity (Wildman–Crippen MR) is 69.4 cm³/mol. The van der Waals surface area contributed by atoms with Gasteiger partial charge in [-0.1, -0.05) is 0 Å². The van der Waals surface area contributed by atoms with Gasteiger partial charge in [-0.2, -0.15) is 5.26 Å². The van der Waals surface area contributed by atoms with E-state index < -0.39 is 0 Å². The highest BCUT2D eigenvalue weighted by Crippen LogP contribution is 2.10. The van der Waals surface area contributed by atoms with Crippen LogP contribution in [0.15, 0.2) is 24.3 Å². The fourth-order valence-electron chi connectivity index (χ4n) is 1.81. The topological polar surface area (TPSA) is 85.2 Å². The maximum absolute atomic E-state index is 12.0. The summed E-state index contributed by atoms with van der Waals surface area (Å²) in [6, 6.07) is 8.29. The molecule has 1 aliphatic heterocycles.